The summed E-state index contributed by atoms with van der Waals surface area (Å²) in [5.41, 5.74) is 0.983. The van der Waals surface area contributed by atoms with Gasteiger partial charge in [-0.1, -0.05) is 12.1 Å². The van der Waals surface area contributed by atoms with E-state index in [1.807, 2.05) is 4.90 Å². The van der Waals surface area contributed by atoms with Gasteiger partial charge in [0, 0.05) is 26.2 Å². The Morgan fingerprint density at radius 3 is 2.38 bits per heavy atom. The topological polar surface area (TPSA) is 87.2 Å². The number of ether oxygens (including phenoxy) is 1. The largest absolute Gasteiger partial charge is 0.478 e. The van der Waals surface area contributed by atoms with Gasteiger partial charge in [-0.05, 0) is 30.5 Å². The zero-order valence-electron chi connectivity index (χ0n) is 14.7. The lowest BCUT2D eigenvalue weighted by Gasteiger charge is -2.36. The lowest BCUT2D eigenvalue weighted by Crippen LogP contribution is -2.49. The van der Waals surface area contributed by atoms with Gasteiger partial charge in [-0.3, -0.25) is 9.59 Å². The number of morpholine rings is 1. The normalized spacial score (nSPS) is 20.7. The number of carboxylic acid groups (broad SMARTS) is 1. The van der Waals surface area contributed by atoms with E-state index in [1.165, 1.54) is 12.1 Å². The van der Waals surface area contributed by atoms with Crippen LogP contribution in [0.25, 0.3) is 0 Å². The average Bonchev–Trinajstić information content (AvgIpc) is 2.68. The van der Waals surface area contributed by atoms with Crippen LogP contribution >= 0.6 is 0 Å². The Bertz CT molecular complexity index is 667. The molecule has 1 aromatic carbocycles. The standard InChI is InChI=1S/C19H24N2O5/c22-17(12-14-3-5-15(6-4-14)19(24)25)21-7-1-2-16(13-21)18(23)20-8-10-26-11-9-20/h3-6,16H,1-2,7-13H2,(H,24,25). The highest BCUT2D eigenvalue weighted by molar-refractivity contribution is 5.88. The first-order valence-corrected chi connectivity index (χ1v) is 9.01. The van der Waals surface area contributed by atoms with Crippen molar-refractivity contribution >= 4 is 17.8 Å². The fraction of sp³-hybridized carbons (Fsp3) is 0.526. The van der Waals surface area contributed by atoms with Crippen LogP contribution < -0.4 is 0 Å². The third-order valence-electron chi connectivity index (χ3n) is 5.00. The molecule has 1 atom stereocenters. The van der Waals surface area contributed by atoms with E-state index >= 15 is 0 Å². The number of piperidine rings is 1. The number of aromatic carboxylic acids is 1. The summed E-state index contributed by atoms with van der Waals surface area (Å²) in [6.45, 7) is 3.53. The molecule has 0 radical (unpaired) electrons. The van der Waals surface area contributed by atoms with Crippen LogP contribution in [-0.4, -0.2) is 72.1 Å². The van der Waals surface area contributed by atoms with E-state index in [0.717, 1.165) is 18.4 Å². The van der Waals surface area contributed by atoms with Crippen LogP contribution in [0.3, 0.4) is 0 Å². The van der Waals surface area contributed by atoms with Gasteiger partial charge in [-0.2, -0.15) is 0 Å². The molecular weight excluding hydrogens is 336 g/mol. The van der Waals surface area contributed by atoms with Gasteiger partial charge in [0.25, 0.3) is 0 Å². The van der Waals surface area contributed by atoms with Crippen LogP contribution in [0.15, 0.2) is 24.3 Å². The minimum atomic E-state index is -0.983. The number of benzene rings is 1. The summed E-state index contributed by atoms with van der Waals surface area (Å²) < 4.78 is 5.29. The Labute approximate surface area is 152 Å². The van der Waals surface area contributed by atoms with Crippen LogP contribution in [0.1, 0.15) is 28.8 Å². The molecule has 2 amide bonds. The first-order chi connectivity index (χ1) is 12.5. The van der Waals surface area contributed by atoms with Gasteiger partial charge < -0.3 is 19.6 Å². The molecule has 0 aromatic heterocycles. The molecule has 1 aromatic rings. The van der Waals surface area contributed by atoms with E-state index in [0.29, 0.717) is 39.4 Å². The van der Waals surface area contributed by atoms with Gasteiger partial charge in [-0.25, -0.2) is 4.79 Å². The van der Waals surface area contributed by atoms with Gasteiger partial charge in [-0.15, -0.1) is 0 Å². The second-order valence-electron chi connectivity index (χ2n) is 6.80. The smallest absolute Gasteiger partial charge is 0.335 e. The molecule has 140 valence electrons. The lowest BCUT2D eigenvalue weighted by molar-refractivity contribution is -0.143. The highest BCUT2D eigenvalue weighted by Gasteiger charge is 2.31. The Balaban J connectivity index is 1.57. The van der Waals surface area contributed by atoms with Crippen molar-refractivity contribution in [3.63, 3.8) is 0 Å². The number of hydrogen-bond donors (Lipinski definition) is 1. The van der Waals surface area contributed by atoms with E-state index in [-0.39, 0.29) is 29.7 Å². The maximum atomic E-state index is 12.7. The van der Waals surface area contributed by atoms with Gasteiger partial charge in [0.15, 0.2) is 0 Å². The number of carboxylic acids is 1. The predicted molar refractivity (Wildman–Crippen MR) is 93.8 cm³/mol. The second-order valence-corrected chi connectivity index (χ2v) is 6.80. The van der Waals surface area contributed by atoms with Crippen molar-refractivity contribution in [1.82, 2.24) is 9.80 Å². The molecule has 2 saturated heterocycles. The molecule has 0 saturated carbocycles. The van der Waals surface area contributed by atoms with Crippen LogP contribution in [0.5, 0.6) is 0 Å². The fourth-order valence-corrected chi connectivity index (χ4v) is 3.50. The molecule has 2 heterocycles. The highest BCUT2D eigenvalue weighted by Crippen LogP contribution is 2.20. The van der Waals surface area contributed by atoms with Crippen LogP contribution in [-0.2, 0) is 20.7 Å². The molecule has 0 bridgehead atoms. The molecule has 7 nitrogen and oxygen atoms in total. The van der Waals surface area contributed by atoms with Gasteiger partial charge in [0.05, 0.1) is 31.1 Å². The van der Waals surface area contributed by atoms with Crippen molar-refractivity contribution in [2.45, 2.75) is 19.3 Å². The molecule has 2 fully saturated rings. The van der Waals surface area contributed by atoms with Crippen LogP contribution in [0, 0.1) is 5.92 Å². The summed E-state index contributed by atoms with van der Waals surface area (Å²) in [7, 11) is 0. The van der Waals surface area contributed by atoms with Crippen molar-refractivity contribution in [3.05, 3.63) is 35.4 Å². The Morgan fingerprint density at radius 1 is 1.04 bits per heavy atom. The molecule has 3 rings (SSSR count). The Hall–Kier alpha value is -2.41. The average molecular weight is 360 g/mol. The molecule has 2 aliphatic rings. The molecule has 0 spiro atoms. The third-order valence-corrected chi connectivity index (χ3v) is 5.00. The molecule has 1 N–H and O–H groups in total. The number of hydrogen-bond acceptors (Lipinski definition) is 4. The zero-order chi connectivity index (χ0) is 18.5. The van der Waals surface area contributed by atoms with Crippen LogP contribution in [0.4, 0.5) is 0 Å². The first kappa shape index (κ1) is 18.4. The molecule has 2 aliphatic heterocycles. The summed E-state index contributed by atoms with van der Waals surface area (Å²) in [6, 6.07) is 6.35. The van der Waals surface area contributed by atoms with Gasteiger partial charge in [0.1, 0.15) is 0 Å². The second kappa shape index (κ2) is 8.31. The van der Waals surface area contributed by atoms with E-state index in [2.05, 4.69) is 0 Å². The SMILES string of the molecule is O=C(O)c1ccc(CC(=O)N2CCCC(C(=O)N3CCOCC3)C2)cc1. The summed E-state index contributed by atoms with van der Waals surface area (Å²) in [5, 5.41) is 8.93. The van der Waals surface area contributed by atoms with Gasteiger partial charge in [0.2, 0.25) is 11.8 Å². The Kier molecular flexibility index (Phi) is 5.88. The summed E-state index contributed by atoms with van der Waals surface area (Å²) in [5.74, 6) is -1.02. The number of amides is 2. The van der Waals surface area contributed by atoms with E-state index in [9.17, 15) is 14.4 Å². The monoisotopic (exact) mass is 360 g/mol. The predicted octanol–water partition coefficient (Wildman–Crippen LogP) is 1.02. The van der Waals surface area contributed by atoms with Crippen molar-refractivity contribution in [2.24, 2.45) is 5.92 Å². The highest BCUT2D eigenvalue weighted by atomic mass is 16.5. The van der Waals surface area contributed by atoms with E-state index in [1.54, 1.807) is 17.0 Å². The van der Waals surface area contributed by atoms with E-state index in [4.69, 9.17) is 9.84 Å². The molecular formula is C19H24N2O5. The Morgan fingerprint density at radius 2 is 1.73 bits per heavy atom. The van der Waals surface area contributed by atoms with E-state index < -0.39 is 5.97 Å². The fourth-order valence-electron chi connectivity index (χ4n) is 3.50. The quantitative estimate of drug-likeness (QED) is 0.866. The minimum absolute atomic E-state index is 0.0208. The number of nitrogens with zero attached hydrogens (tertiary/aromatic N) is 2. The van der Waals surface area contributed by atoms with Crippen molar-refractivity contribution in [2.75, 3.05) is 39.4 Å². The zero-order valence-corrected chi connectivity index (χ0v) is 14.7. The maximum absolute atomic E-state index is 12.7. The molecule has 1 unspecified atom stereocenters. The minimum Gasteiger partial charge on any atom is -0.478 e. The first-order valence-electron chi connectivity index (χ1n) is 9.01. The number of rotatable bonds is 4. The number of carbonyl (C=O) groups is 3. The van der Waals surface area contributed by atoms with Crippen molar-refractivity contribution in [1.29, 1.82) is 0 Å². The lowest BCUT2D eigenvalue weighted by atomic mass is 9.95. The summed E-state index contributed by atoms with van der Waals surface area (Å²) in [4.78, 5) is 39.7. The van der Waals surface area contributed by atoms with Crippen LogP contribution in [0.2, 0.25) is 0 Å². The molecule has 26 heavy (non-hydrogen) atoms. The van der Waals surface area contributed by atoms with Gasteiger partial charge >= 0.3 is 5.97 Å². The number of likely N-dealkylation sites (tertiary alicyclic amines) is 1. The molecule has 0 aliphatic carbocycles. The van der Waals surface area contributed by atoms with Crippen molar-refractivity contribution < 1.29 is 24.2 Å². The number of carbonyl (C=O) groups excluding carboxylic acids is 2. The third kappa shape index (κ3) is 4.40. The summed E-state index contributed by atoms with van der Waals surface area (Å²) >= 11 is 0. The maximum Gasteiger partial charge on any atom is 0.335 e. The van der Waals surface area contributed by atoms with Crippen molar-refractivity contribution in [3.8, 4) is 0 Å². The summed E-state index contributed by atoms with van der Waals surface area (Å²) in [6.07, 6.45) is 1.86. The molecule has 7 heteroatoms.